The van der Waals surface area contributed by atoms with Crippen LogP contribution in [0.4, 0.5) is 18.9 Å². The Morgan fingerprint density at radius 1 is 1.14 bits per heavy atom. The molecule has 2 aliphatic rings. The van der Waals surface area contributed by atoms with Gasteiger partial charge in [-0.3, -0.25) is 4.79 Å². The van der Waals surface area contributed by atoms with Gasteiger partial charge in [-0.05, 0) is 56.2 Å². The molecule has 1 amide bonds. The quantitative estimate of drug-likeness (QED) is 0.686. The Bertz CT molecular complexity index is 618. The van der Waals surface area contributed by atoms with Crippen molar-refractivity contribution in [1.29, 1.82) is 0 Å². The first kappa shape index (κ1) is 23.5. The molecule has 29 heavy (non-hydrogen) atoms. The van der Waals surface area contributed by atoms with Gasteiger partial charge in [-0.15, -0.1) is 0 Å². The summed E-state index contributed by atoms with van der Waals surface area (Å²) in [5.41, 5.74) is 0.0561. The lowest BCUT2D eigenvalue weighted by Gasteiger charge is -2.37. The highest BCUT2D eigenvalue weighted by Gasteiger charge is 2.31. The summed E-state index contributed by atoms with van der Waals surface area (Å²) in [5, 5.41) is 7.00. The van der Waals surface area contributed by atoms with Crippen molar-refractivity contribution < 1.29 is 23.1 Å². The van der Waals surface area contributed by atoms with Crippen molar-refractivity contribution in [3.05, 3.63) is 29.8 Å². The normalized spacial score (nSPS) is 20.6. The molecule has 1 saturated carbocycles. The smallest absolute Gasteiger partial charge is 0.400 e. The molecule has 2 fully saturated rings. The van der Waals surface area contributed by atoms with Crippen LogP contribution < -0.4 is 4.90 Å². The third kappa shape index (κ3) is 6.91. The Morgan fingerprint density at radius 3 is 2.52 bits per heavy atom. The van der Waals surface area contributed by atoms with Gasteiger partial charge in [0.05, 0.1) is 5.56 Å². The zero-order chi connectivity index (χ0) is 21.3. The second kappa shape index (κ2) is 11.4. The zero-order valence-electron chi connectivity index (χ0n) is 17.2. The van der Waals surface area contributed by atoms with Crippen LogP contribution in [0, 0.1) is 5.92 Å². The maximum absolute atomic E-state index is 13.0. The number of halogens is 3. The standard InChI is InChI=1S/C21H29F3N2O.CH4O/c22-21(23,24)18-7-4-10-20(14-18)25-12-5-6-17(15-25)11-13-26(16-27)19-8-2-1-3-9-19;1-2/h4,7,10,14,16-17,19H,1-3,5-6,8-9,11-13,15H2;2H,1H3. The van der Waals surface area contributed by atoms with Gasteiger partial charge in [-0.2, -0.15) is 13.2 Å². The Kier molecular flexibility index (Phi) is 9.27. The average molecular weight is 415 g/mol. The van der Waals surface area contributed by atoms with Gasteiger partial charge in [-0.25, -0.2) is 0 Å². The van der Waals surface area contributed by atoms with Crippen LogP contribution in [0.1, 0.15) is 56.9 Å². The highest BCUT2D eigenvalue weighted by atomic mass is 19.4. The van der Waals surface area contributed by atoms with Crippen LogP contribution >= 0.6 is 0 Å². The molecule has 0 aromatic heterocycles. The van der Waals surface area contributed by atoms with Crippen LogP contribution in [0.3, 0.4) is 0 Å². The van der Waals surface area contributed by atoms with Crippen LogP contribution in [0.15, 0.2) is 24.3 Å². The maximum atomic E-state index is 13.0. The number of alkyl halides is 3. The molecule has 4 nitrogen and oxygen atoms in total. The minimum atomic E-state index is -4.31. The molecule has 0 spiro atoms. The van der Waals surface area contributed by atoms with E-state index < -0.39 is 11.7 Å². The Hall–Kier alpha value is -1.76. The molecule has 164 valence electrons. The molecule has 7 heteroatoms. The van der Waals surface area contributed by atoms with Crippen molar-refractivity contribution in [2.24, 2.45) is 5.92 Å². The van der Waals surface area contributed by atoms with E-state index in [-0.39, 0.29) is 0 Å². The lowest BCUT2D eigenvalue weighted by Crippen LogP contribution is -2.40. The fourth-order valence-corrected chi connectivity index (χ4v) is 4.48. The van der Waals surface area contributed by atoms with Gasteiger partial charge in [0.1, 0.15) is 0 Å². The number of carbonyl (C=O) groups is 1. The first-order valence-corrected chi connectivity index (χ1v) is 10.6. The molecular weight excluding hydrogens is 381 g/mol. The monoisotopic (exact) mass is 414 g/mol. The number of benzene rings is 1. The Labute approximate surface area is 171 Å². The molecule has 0 bridgehead atoms. The van der Waals surface area contributed by atoms with Crippen molar-refractivity contribution in [1.82, 2.24) is 4.90 Å². The van der Waals surface area contributed by atoms with E-state index in [4.69, 9.17) is 5.11 Å². The Morgan fingerprint density at radius 2 is 1.86 bits per heavy atom. The van der Waals surface area contributed by atoms with E-state index in [1.54, 1.807) is 6.07 Å². The minimum absolute atomic E-state index is 0.374. The summed E-state index contributed by atoms with van der Waals surface area (Å²) in [4.78, 5) is 15.5. The summed E-state index contributed by atoms with van der Waals surface area (Å²) in [7, 11) is 1.00. The number of rotatable bonds is 6. The number of carbonyl (C=O) groups excluding carboxylic acids is 1. The molecule has 1 unspecified atom stereocenters. The van der Waals surface area contributed by atoms with Gasteiger partial charge >= 0.3 is 6.18 Å². The van der Waals surface area contributed by atoms with Crippen molar-refractivity contribution in [3.63, 3.8) is 0 Å². The number of anilines is 1. The summed E-state index contributed by atoms with van der Waals surface area (Å²) in [5.74, 6) is 0.416. The highest BCUT2D eigenvalue weighted by Crippen LogP contribution is 2.33. The van der Waals surface area contributed by atoms with E-state index in [9.17, 15) is 18.0 Å². The summed E-state index contributed by atoms with van der Waals surface area (Å²) >= 11 is 0. The fraction of sp³-hybridized carbons (Fsp3) is 0.682. The van der Waals surface area contributed by atoms with Crippen LogP contribution in [0.5, 0.6) is 0 Å². The molecule has 1 N–H and O–H groups in total. The van der Waals surface area contributed by atoms with Crippen molar-refractivity contribution in [2.45, 2.75) is 63.6 Å². The van der Waals surface area contributed by atoms with Crippen LogP contribution in [-0.4, -0.2) is 49.2 Å². The van der Waals surface area contributed by atoms with Crippen LogP contribution in [-0.2, 0) is 11.0 Å². The molecule has 1 aromatic rings. The van der Waals surface area contributed by atoms with Crippen LogP contribution in [0.2, 0.25) is 0 Å². The predicted octanol–water partition coefficient (Wildman–Crippen LogP) is 4.71. The zero-order valence-corrected chi connectivity index (χ0v) is 17.2. The molecule has 1 aliphatic heterocycles. The van der Waals surface area contributed by atoms with E-state index in [0.717, 1.165) is 71.3 Å². The second-order valence-electron chi connectivity index (χ2n) is 7.93. The van der Waals surface area contributed by atoms with Gasteiger partial charge in [0.2, 0.25) is 6.41 Å². The predicted molar refractivity (Wildman–Crippen MR) is 109 cm³/mol. The summed E-state index contributed by atoms with van der Waals surface area (Å²) in [6, 6.07) is 6.00. The van der Waals surface area contributed by atoms with E-state index in [1.165, 1.54) is 31.4 Å². The summed E-state index contributed by atoms with van der Waals surface area (Å²) in [6.45, 7) is 2.31. The van der Waals surface area contributed by atoms with Crippen molar-refractivity contribution >= 4 is 12.1 Å². The van der Waals surface area contributed by atoms with E-state index in [2.05, 4.69) is 4.90 Å². The van der Waals surface area contributed by atoms with Gasteiger partial charge < -0.3 is 14.9 Å². The molecule has 1 aliphatic carbocycles. The van der Waals surface area contributed by atoms with Gasteiger partial charge in [0.25, 0.3) is 0 Å². The van der Waals surface area contributed by atoms with E-state index in [0.29, 0.717) is 17.6 Å². The SMILES string of the molecule is CO.O=CN(CCC1CCCN(c2cccc(C(F)(F)F)c2)C1)C1CCCCC1. The topological polar surface area (TPSA) is 43.8 Å². The van der Waals surface area contributed by atoms with Gasteiger partial charge in [-0.1, -0.05) is 25.3 Å². The number of aliphatic hydroxyl groups is 1. The lowest BCUT2D eigenvalue weighted by atomic mass is 9.92. The molecule has 1 aromatic carbocycles. The number of hydrogen-bond donors (Lipinski definition) is 1. The van der Waals surface area contributed by atoms with E-state index in [1.807, 2.05) is 4.90 Å². The second-order valence-corrected chi connectivity index (χ2v) is 7.93. The Balaban J connectivity index is 0.00000145. The number of hydrogen-bond acceptors (Lipinski definition) is 3. The fourth-order valence-electron chi connectivity index (χ4n) is 4.48. The number of aliphatic hydroxyl groups excluding tert-OH is 1. The average Bonchev–Trinajstić information content (AvgIpc) is 2.76. The summed E-state index contributed by atoms with van der Waals surface area (Å²) in [6.07, 6.45) is 5.50. The van der Waals surface area contributed by atoms with Crippen molar-refractivity contribution in [2.75, 3.05) is 31.6 Å². The van der Waals surface area contributed by atoms with Gasteiger partial charge in [0, 0.05) is 38.5 Å². The first-order chi connectivity index (χ1) is 14.0. The van der Waals surface area contributed by atoms with Crippen molar-refractivity contribution in [3.8, 4) is 0 Å². The molecule has 3 rings (SSSR count). The summed E-state index contributed by atoms with van der Waals surface area (Å²) < 4.78 is 38.9. The molecule has 0 radical (unpaired) electrons. The first-order valence-electron chi connectivity index (χ1n) is 10.6. The minimum Gasteiger partial charge on any atom is -0.400 e. The number of amides is 1. The third-order valence-electron chi connectivity index (χ3n) is 6.03. The molecule has 1 heterocycles. The largest absolute Gasteiger partial charge is 0.416 e. The lowest BCUT2D eigenvalue weighted by molar-refractivity contribution is -0.137. The number of piperidine rings is 1. The highest BCUT2D eigenvalue weighted by molar-refractivity contribution is 5.50. The van der Waals surface area contributed by atoms with E-state index >= 15 is 0 Å². The molecule has 1 saturated heterocycles. The van der Waals surface area contributed by atoms with Gasteiger partial charge in [0.15, 0.2) is 0 Å². The molecule has 1 atom stereocenters. The van der Waals surface area contributed by atoms with Crippen LogP contribution in [0.25, 0.3) is 0 Å². The molecular formula is C22H33F3N2O2. The maximum Gasteiger partial charge on any atom is 0.416 e. The number of nitrogens with zero attached hydrogens (tertiary/aromatic N) is 2. The third-order valence-corrected chi connectivity index (χ3v) is 6.03.